The van der Waals surface area contributed by atoms with E-state index in [2.05, 4.69) is 15.6 Å². The lowest BCUT2D eigenvalue weighted by molar-refractivity contribution is 0.571. The zero-order valence-electron chi connectivity index (χ0n) is 10.4. The fourth-order valence-electron chi connectivity index (χ4n) is 2.08. The summed E-state index contributed by atoms with van der Waals surface area (Å²) in [5, 5.41) is 6.47. The SMILES string of the molecule is CC(C)n1ccnc(NCC2CCNC2)c1=O. The van der Waals surface area contributed by atoms with E-state index in [1.54, 1.807) is 17.0 Å². The molecule has 1 saturated heterocycles. The van der Waals surface area contributed by atoms with Crippen LogP contribution in [0, 0.1) is 5.92 Å². The fraction of sp³-hybridized carbons (Fsp3) is 0.667. The first-order valence-corrected chi connectivity index (χ1v) is 6.20. The van der Waals surface area contributed by atoms with Crippen LogP contribution >= 0.6 is 0 Å². The van der Waals surface area contributed by atoms with Gasteiger partial charge in [-0.25, -0.2) is 4.98 Å². The van der Waals surface area contributed by atoms with Gasteiger partial charge < -0.3 is 15.2 Å². The minimum absolute atomic E-state index is 0.0338. The molecule has 1 aromatic heterocycles. The third-order valence-electron chi connectivity index (χ3n) is 3.14. The van der Waals surface area contributed by atoms with E-state index in [1.165, 1.54) is 0 Å². The molecule has 94 valence electrons. The Morgan fingerprint density at radius 1 is 1.65 bits per heavy atom. The van der Waals surface area contributed by atoms with E-state index in [1.807, 2.05) is 13.8 Å². The van der Waals surface area contributed by atoms with Crippen LogP contribution in [0.1, 0.15) is 26.3 Å². The molecule has 0 amide bonds. The van der Waals surface area contributed by atoms with E-state index in [0.29, 0.717) is 11.7 Å². The number of hydrogen-bond donors (Lipinski definition) is 2. The van der Waals surface area contributed by atoms with Gasteiger partial charge in [0.2, 0.25) is 0 Å². The topological polar surface area (TPSA) is 59.0 Å². The lowest BCUT2D eigenvalue weighted by atomic mass is 10.1. The van der Waals surface area contributed by atoms with Crippen molar-refractivity contribution in [2.75, 3.05) is 25.0 Å². The molecule has 0 radical (unpaired) electrons. The highest BCUT2D eigenvalue weighted by Crippen LogP contribution is 2.08. The zero-order valence-corrected chi connectivity index (χ0v) is 10.4. The fourth-order valence-corrected chi connectivity index (χ4v) is 2.08. The molecule has 5 heteroatoms. The summed E-state index contributed by atoms with van der Waals surface area (Å²) in [7, 11) is 0. The van der Waals surface area contributed by atoms with E-state index in [9.17, 15) is 4.79 Å². The Balaban J connectivity index is 2.05. The van der Waals surface area contributed by atoms with Crippen LogP contribution in [0.2, 0.25) is 0 Å². The largest absolute Gasteiger partial charge is 0.365 e. The second kappa shape index (κ2) is 5.31. The van der Waals surface area contributed by atoms with Gasteiger partial charge in [-0.3, -0.25) is 4.79 Å². The van der Waals surface area contributed by atoms with Crippen molar-refractivity contribution in [3.8, 4) is 0 Å². The smallest absolute Gasteiger partial charge is 0.293 e. The molecule has 2 heterocycles. The molecule has 0 aliphatic carbocycles. The third-order valence-corrected chi connectivity index (χ3v) is 3.14. The van der Waals surface area contributed by atoms with E-state index in [-0.39, 0.29) is 11.6 Å². The Kier molecular flexibility index (Phi) is 3.78. The molecule has 1 aliphatic heterocycles. The van der Waals surface area contributed by atoms with Gasteiger partial charge in [-0.2, -0.15) is 0 Å². The Morgan fingerprint density at radius 3 is 3.12 bits per heavy atom. The lowest BCUT2D eigenvalue weighted by Gasteiger charge is -2.13. The molecule has 5 nitrogen and oxygen atoms in total. The van der Waals surface area contributed by atoms with Gasteiger partial charge in [0, 0.05) is 25.0 Å². The summed E-state index contributed by atoms with van der Waals surface area (Å²) in [6.07, 6.45) is 4.57. The van der Waals surface area contributed by atoms with Crippen molar-refractivity contribution >= 4 is 5.82 Å². The molecule has 2 rings (SSSR count). The van der Waals surface area contributed by atoms with Crippen molar-refractivity contribution in [2.24, 2.45) is 5.92 Å². The van der Waals surface area contributed by atoms with Gasteiger partial charge in [-0.05, 0) is 39.3 Å². The van der Waals surface area contributed by atoms with Crippen molar-refractivity contribution in [3.63, 3.8) is 0 Å². The number of anilines is 1. The van der Waals surface area contributed by atoms with E-state index in [4.69, 9.17) is 0 Å². The first kappa shape index (κ1) is 12.1. The van der Waals surface area contributed by atoms with Crippen molar-refractivity contribution < 1.29 is 0 Å². The van der Waals surface area contributed by atoms with Crippen LogP contribution in [0.3, 0.4) is 0 Å². The van der Waals surface area contributed by atoms with Crippen LogP contribution in [-0.4, -0.2) is 29.2 Å². The Labute approximate surface area is 101 Å². The summed E-state index contributed by atoms with van der Waals surface area (Å²) in [5.74, 6) is 1.07. The molecular weight excluding hydrogens is 216 g/mol. The summed E-state index contributed by atoms with van der Waals surface area (Å²) in [4.78, 5) is 16.2. The number of aromatic nitrogens is 2. The Morgan fingerprint density at radius 2 is 2.47 bits per heavy atom. The first-order chi connectivity index (χ1) is 8.18. The highest BCUT2D eigenvalue weighted by atomic mass is 16.1. The Bertz CT molecular complexity index is 421. The van der Waals surface area contributed by atoms with E-state index < -0.39 is 0 Å². The number of rotatable bonds is 4. The number of nitrogens with zero attached hydrogens (tertiary/aromatic N) is 2. The first-order valence-electron chi connectivity index (χ1n) is 6.20. The van der Waals surface area contributed by atoms with Crippen LogP contribution in [-0.2, 0) is 0 Å². The van der Waals surface area contributed by atoms with Crippen LogP contribution in [0.25, 0.3) is 0 Å². The zero-order chi connectivity index (χ0) is 12.3. The molecule has 0 bridgehead atoms. The third kappa shape index (κ3) is 2.85. The van der Waals surface area contributed by atoms with Gasteiger partial charge in [0.15, 0.2) is 5.82 Å². The van der Waals surface area contributed by atoms with Crippen LogP contribution < -0.4 is 16.2 Å². The van der Waals surface area contributed by atoms with E-state index in [0.717, 1.165) is 26.1 Å². The molecule has 0 aromatic carbocycles. The quantitative estimate of drug-likeness (QED) is 0.813. The summed E-state index contributed by atoms with van der Waals surface area (Å²) in [5.41, 5.74) is -0.0338. The predicted octanol–water partition coefficient (Wildman–Crippen LogP) is 0.846. The molecule has 0 spiro atoms. The molecule has 1 unspecified atom stereocenters. The summed E-state index contributed by atoms with van der Waals surface area (Å²) in [6, 6.07) is 0.166. The standard InChI is InChI=1S/C12H20N4O/c1-9(2)16-6-5-14-11(12(16)17)15-8-10-3-4-13-7-10/h5-6,9-10,13H,3-4,7-8H2,1-2H3,(H,14,15). The van der Waals surface area contributed by atoms with Crippen LogP contribution in [0.15, 0.2) is 17.2 Å². The summed E-state index contributed by atoms with van der Waals surface area (Å²) >= 11 is 0. The Hall–Kier alpha value is -1.36. The van der Waals surface area contributed by atoms with E-state index >= 15 is 0 Å². The van der Waals surface area contributed by atoms with Gasteiger partial charge in [-0.15, -0.1) is 0 Å². The minimum atomic E-state index is -0.0338. The minimum Gasteiger partial charge on any atom is -0.365 e. The summed E-state index contributed by atoms with van der Waals surface area (Å²) in [6.45, 7) is 6.90. The van der Waals surface area contributed by atoms with Crippen molar-refractivity contribution in [1.29, 1.82) is 0 Å². The second-order valence-electron chi connectivity index (χ2n) is 4.82. The van der Waals surface area contributed by atoms with Crippen LogP contribution in [0.4, 0.5) is 5.82 Å². The second-order valence-corrected chi connectivity index (χ2v) is 4.82. The molecule has 0 saturated carbocycles. The highest BCUT2D eigenvalue weighted by Gasteiger charge is 2.15. The van der Waals surface area contributed by atoms with Crippen LogP contribution in [0.5, 0.6) is 0 Å². The predicted molar refractivity (Wildman–Crippen MR) is 68.3 cm³/mol. The molecule has 1 aromatic rings. The van der Waals surface area contributed by atoms with Crippen molar-refractivity contribution in [2.45, 2.75) is 26.3 Å². The maximum absolute atomic E-state index is 12.0. The molecular formula is C12H20N4O. The molecule has 17 heavy (non-hydrogen) atoms. The van der Waals surface area contributed by atoms with Crippen molar-refractivity contribution in [1.82, 2.24) is 14.9 Å². The van der Waals surface area contributed by atoms with Gasteiger partial charge in [0.05, 0.1) is 0 Å². The number of hydrogen-bond acceptors (Lipinski definition) is 4. The van der Waals surface area contributed by atoms with Gasteiger partial charge in [0.1, 0.15) is 0 Å². The molecule has 1 fully saturated rings. The van der Waals surface area contributed by atoms with Gasteiger partial charge in [-0.1, -0.05) is 0 Å². The average molecular weight is 236 g/mol. The highest BCUT2D eigenvalue weighted by molar-refractivity contribution is 5.31. The molecule has 2 N–H and O–H groups in total. The van der Waals surface area contributed by atoms with Crippen molar-refractivity contribution in [3.05, 3.63) is 22.7 Å². The normalized spacial score (nSPS) is 19.8. The molecule has 1 atom stereocenters. The number of nitrogens with one attached hydrogen (secondary N) is 2. The maximum atomic E-state index is 12.0. The average Bonchev–Trinajstić information content (AvgIpc) is 2.80. The van der Waals surface area contributed by atoms with Gasteiger partial charge in [0.25, 0.3) is 5.56 Å². The van der Waals surface area contributed by atoms with Gasteiger partial charge >= 0.3 is 0 Å². The molecule has 1 aliphatic rings. The summed E-state index contributed by atoms with van der Waals surface area (Å²) < 4.78 is 1.70. The monoisotopic (exact) mass is 236 g/mol. The maximum Gasteiger partial charge on any atom is 0.293 e. The lowest BCUT2D eigenvalue weighted by Crippen LogP contribution is -2.27.